The van der Waals surface area contributed by atoms with Crippen LogP contribution in [0.4, 0.5) is 5.69 Å². The van der Waals surface area contributed by atoms with Gasteiger partial charge in [-0.15, -0.1) is 0 Å². The Morgan fingerprint density at radius 2 is 1.83 bits per heavy atom. The number of oxime groups is 1. The Labute approximate surface area is 176 Å². The first kappa shape index (κ1) is 18.5. The highest BCUT2D eigenvalue weighted by Crippen LogP contribution is 2.49. The predicted molar refractivity (Wildman–Crippen MR) is 118 cm³/mol. The molecule has 5 heteroatoms. The van der Waals surface area contributed by atoms with Gasteiger partial charge in [-0.2, -0.15) is 5.26 Å². The molecule has 1 aliphatic heterocycles. The minimum Gasteiger partial charge on any atom is -0.389 e. The molecule has 0 bridgehead atoms. The molecule has 2 aromatic carbocycles. The van der Waals surface area contributed by atoms with Crippen LogP contribution in [0.3, 0.4) is 0 Å². The summed E-state index contributed by atoms with van der Waals surface area (Å²) in [4.78, 5) is 8.97. The number of amidine groups is 1. The first-order valence-corrected chi connectivity index (χ1v) is 10.5. The fourth-order valence-corrected chi connectivity index (χ4v) is 4.74. The maximum absolute atomic E-state index is 9.13. The molecule has 0 unspecified atom stereocenters. The molecule has 0 amide bonds. The third-order valence-corrected chi connectivity index (χ3v) is 6.30. The molecule has 0 saturated heterocycles. The second-order valence-electron chi connectivity index (χ2n) is 8.12. The number of anilines is 1. The average Bonchev–Trinajstić information content (AvgIpc) is 3.39. The van der Waals surface area contributed by atoms with Gasteiger partial charge >= 0.3 is 0 Å². The molecule has 1 saturated carbocycles. The Balaban J connectivity index is 1.47. The van der Waals surface area contributed by atoms with Gasteiger partial charge in [-0.1, -0.05) is 60.8 Å². The zero-order valence-electron chi connectivity index (χ0n) is 16.8. The van der Waals surface area contributed by atoms with E-state index < -0.39 is 0 Å². The quantitative estimate of drug-likeness (QED) is 0.555. The van der Waals surface area contributed by atoms with Gasteiger partial charge in [0.25, 0.3) is 0 Å². The molecule has 2 heterocycles. The van der Waals surface area contributed by atoms with Gasteiger partial charge in [0.15, 0.2) is 5.84 Å². The van der Waals surface area contributed by atoms with E-state index in [0.717, 1.165) is 41.2 Å². The number of fused-ring (bicyclic) bond motifs is 2. The van der Waals surface area contributed by atoms with Gasteiger partial charge in [0.2, 0.25) is 0 Å². The molecular weight excluding hydrogens is 372 g/mol. The van der Waals surface area contributed by atoms with Gasteiger partial charge in [0.05, 0.1) is 5.41 Å². The van der Waals surface area contributed by atoms with Crippen LogP contribution in [0, 0.1) is 11.3 Å². The van der Waals surface area contributed by atoms with Crippen LogP contribution in [0.25, 0.3) is 11.3 Å². The first-order chi connectivity index (χ1) is 14.8. The molecule has 30 heavy (non-hydrogen) atoms. The van der Waals surface area contributed by atoms with E-state index >= 15 is 0 Å². The highest BCUT2D eigenvalue weighted by atomic mass is 16.6. The minimum atomic E-state index is -0.120. The number of aromatic nitrogens is 1. The van der Waals surface area contributed by atoms with Crippen LogP contribution in [-0.4, -0.2) is 10.8 Å². The van der Waals surface area contributed by atoms with E-state index in [1.54, 1.807) is 0 Å². The predicted octanol–water partition coefficient (Wildman–Crippen LogP) is 5.71. The molecule has 5 nitrogen and oxygen atoms in total. The van der Waals surface area contributed by atoms with Crippen molar-refractivity contribution in [2.75, 3.05) is 5.32 Å². The van der Waals surface area contributed by atoms with Crippen LogP contribution < -0.4 is 5.32 Å². The molecule has 5 rings (SSSR count). The highest BCUT2D eigenvalue weighted by molar-refractivity contribution is 6.10. The Kier molecular flexibility index (Phi) is 4.76. The molecule has 0 radical (unpaired) electrons. The fraction of sp³-hybridized carbons (Fsp3) is 0.280. The summed E-state index contributed by atoms with van der Waals surface area (Å²) in [5, 5.41) is 17.3. The van der Waals surface area contributed by atoms with Crippen LogP contribution in [0.5, 0.6) is 0 Å². The lowest BCUT2D eigenvalue weighted by molar-refractivity contribution is 0.127. The van der Waals surface area contributed by atoms with Gasteiger partial charge in [0.1, 0.15) is 18.4 Å². The summed E-state index contributed by atoms with van der Waals surface area (Å²) in [6.07, 6.45) is 5.77. The second-order valence-corrected chi connectivity index (χ2v) is 8.12. The van der Waals surface area contributed by atoms with E-state index in [-0.39, 0.29) is 5.41 Å². The summed E-state index contributed by atoms with van der Waals surface area (Å²) < 4.78 is 0. The smallest absolute Gasteiger partial charge is 0.157 e. The van der Waals surface area contributed by atoms with E-state index in [0.29, 0.717) is 12.3 Å². The van der Waals surface area contributed by atoms with Crippen molar-refractivity contribution in [3.05, 3.63) is 77.5 Å². The van der Waals surface area contributed by atoms with E-state index in [1.807, 2.05) is 42.5 Å². The molecule has 2 aliphatic rings. The molecular formula is C25H24N4O. The molecule has 1 aliphatic carbocycles. The second kappa shape index (κ2) is 7.72. The summed E-state index contributed by atoms with van der Waals surface area (Å²) in [5.74, 6) is 0.925. The number of aromatic amines is 1. The molecule has 1 aromatic heterocycles. The lowest BCUT2D eigenvalue weighted by Gasteiger charge is -2.33. The van der Waals surface area contributed by atoms with Gasteiger partial charge in [0, 0.05) is 11.4 Å². The minimum absolute atomic E-state index is 0.120. The summed E-state index contributed by atoms with van der Waals surface area (Å²) in [6, 6.07) is 22.5. The SMILES string of the molecule is N#Cc1ccc(-c2ccc3c(c2)C2(CCCCC2)C(=NOCc2ccccc2)N3)[nH]1. The summed E-state index contributed by atoms with van der Waals surface area (Å²) in [6.45, 7) is 0.461. The van der Waals surface area contributed by atoms with E-state index in [2.05, 4.69) is 39.7 Å². The largest absolute Gasteiger partial charge is 0.389 e. The van der Waals surface area contributed by atoms with Gasteiger partial charge in [-0.05, 0) is 53.8 Å². The standard InChI is InChI=1S/C25H24N4O/c26-16-20-10-12-22(27-20)19-9-11-23-21(15-19)25(13-5-2-6-14-25)24(28-23)29-30-17-18-7-3-1-4-8-18/h1,3-4,7-12,15,27H,2,5-6,13-14,17H2,(H,28,29). The maximum Gasteiger partial charge on any atom is 0.157 e. The summed E-state index contributed by atoms with van der Waals surface area (Å²) >= 11 is 0. The van der Waals surface area contributed by atoms with Crippen molar-refractivity contribution in [2.45, 2.75) is 44.1 Å². The molecule has 1 fully saturated rings. The lowest BCUT2D eigenvalue weighted by Crippen LogP contribution is -2.36. The Morgan fingerprint density at radius 1 is 1.00 bits per heavy atom. The third-order valence-electron chi connectivity index (χ3n) is 6.30. The number of benzene rings is 2. The van der Waals surface area contributed by atoms with Crippen LogP contribution in [0.2, 0.25) is 0 Å². The van der Waals surface area contributed by atoms with Gasteiger partial charge in [-0.3, -0.25) is 0 Å². The molecule has 1 spiro atoms. The Morgan fingerprint density at radius 3 is 2.60 bits per heavy atom. The van der Waals surface area contributed by atoms with Crippen molar-refractivity contribution in [1.29, 1.82) is 5.26 Å². The van der Waals surface area contributed by atoms with E-state index in [9.17, 15) is 0 Å². The number of rotatable bonds is 4. The Bertz CT molecular complexity index is 1120. The van der Waals surface area contributed by atoms with Crippen molar-refractivity contribution in [3.63, 3.8) is 0 Å². The number of nitrogens with zero attached hydrogens (tertiary/aromatic N) is 2. The molecule has 150 valence electrons. The number of hydrogen-bond acceptors (Lipinski definition) is 3. The zero-order chi connectivity index (χ0) is 20.4. The Hall–Kier alpha value is -3.52. The lowest BCUT2D eigenvalue weighted by atomic mass is 9.69. The van der Waals surface area contributed by atoms with Gasteiger partial charge < -0.3 is 15.1 Å². The third kappa shape index (κ3) is 3.25. The number of hydrogen-bond donors (Lipinski definition) is 2. The van der Waals surface area contributed by atoms with Crippen LogP contribution in [0.1, 0.15) is 48.9 Å². The summed E-state index contributed by atoms with van der Waals surface area (Å²) in [7, 11) is 0. The molecule has 2 N–H and O–H groups in total. The number of nitrogens with one attached hydrogen (secondary N) is 2. The molecule has 0 atom stereocenters. The van der Waals surface area contributed by atoms with Crippen molar-refractivity contribution in [3.8, 4) is 17.3 Å². The topological polar surface area (TPSA) is 73.2 Å². The number of H-pyrrole nitrogens is 1. The maximum atomic E-state index is 9.13. The van der Waals surface area contributed by atoms with Gasteiger partial charge in [-0.25, -0.2) is 0 Å². The fourth-order valence-electron chi connectivity index (χ4n) is 4.74. The van der Waals surface area contributed by atoms with Crippen molar-refractivity contribution < 1.29 is 4.84 Å². The zero-order valence-corrected chi connectivity index (χ0v) is 16.8. The van der Waals surface area contributed by atoms with Crippen LogP contribution in [0.15, 0.2) is 65.8 Å². The van der Waals surface area contributed by atoms with Crippen LogP contribution >= 0.6 is 0 Å². The number of nitriles is 1. The van der Waals surface area contributed by atoms with Crippen molar-refractivity contribution >= 4 is 11.5 Å². The van der Waals surface area contributed by atoms with Crippen molar-refractivity contribution in [1.82, 2.24) is 4.98 Å². The normalized spacial score (nSPS) is 18.0. The highest BCUT2D eigenvalue weighted by Gasteiger charge is 2.46. The monoisotopic (exact) mass is 396 g/mol. The first-order valence-electron chi connectivity index (χ1n) is 10.5. The van der Waals surface area contributed by atoms with Crippen molar-refractivity contribution in [2.24, 2.45) is 5.16 Å². The van der Waals surface area contributed by atoms with E-state index in [1.165, 1.54) is 24.8 Å². The average molecular weight is 396 g/mol. The van der Waals surface area contributed by atoms with Crippen LogP contribution in [-0.2, 0) is 16.9 Å². The van der Waals surface area contributed by atoms with E-state index in [4.69, 9.17) is 10.1 Å². The molecule has 3 aromatic rings. The summed E-state index contributed by atoms with van der Waals surface area (Å²) in [5.41, 5.74) is 6.01.